The molecule has 0 fully saturated rings. The maximum atomic E-state index is 12.7. The lowest BCUT2D eigenvalue weighted by Crippen LogP contribution is -2.24. The van der Waals surface area contributed by atoms with Gasteiger partial charge in [0.25, 0.3) is 0 Å². The van der Waals surface area contributed by atoms with Gasteiger partial charge >= 0.3 is 0 Å². The highest BCUT2D eigenvalue weighted by atomic mass is 32.2. The summed E-state index contributed by atoms with van der Waals surface area (Å²) in [4.78, 5) is 0.260. The minimum atomic E-state index is -3.59. The number of thioether (sulfide) groups is 1. The number of aryl methyl sites for hydroxylation is 1. The number of sulfonamides is 1. The molecule has 2 aromatic carbocycles. The molecule has 0 radical (unpaired) electrons. The number of aromatic nitrogens is 4. The number of rotatable bonds is 6. The Morgan fingerprint density at radius 1 is 1.10 bits per heavy atom. The Balaban J connectivity index is 2.01. The van der Waals surface area contributed by atoms with Crippen molar-refractivity contribution in [2.45, 2.75) is 24.5 Å². The van der Waals surface area contributed by atoms with Crippen molar-refractivity contribution in [2.75, 3.05) is 12.8 Å². The Morgan fingerprint density at radius 3 is 2.59 bits per heavy atom. The third-order valence-corrected chi connectivity index (χ3v) is 6.92. The minimum Gasteiger partial charge on any atom is -0.211 e. The lowest BCUT2D eigenvalue weighted by atomic mass is 10.0. The Hall–Kier alpha value is -2.49. The summed E-state index contributed by atoms with van der Waals surface area (Å²) in [7, 11) is -3.59. The summed E-state index contributed by atoms with van der Waals surface area (Å²) in [5.74, 6) is 1.44. The first-order valence-corrected chi connectivity index (χ1v) is 12.1. The van der Waals surface area contributed by atoms with Gasteiger partial charge in [-0.3, -0.25) is 0 Å². The summed E-state index contributed by atoms with van der Waals surface area (Å²) >= 11 is 1.64. The van der Waals surface area contributed by atoms with E-state index in [1.165, 1.54) is 0 Å². The fourth-order valence-electron chi connectivity index (χ4n) is 3.36. The Bertz CT molecular complexity index is 1320. The summed E-state index contributed by atoms with van der Waals surface area (Å²) in [5.41, 5.74) is 2.81. The van der Waals surface area contributed by atoms with Crippen molar-refractivity contribution in [1.82, 2.24) is 24.5 Å². The SMILES string of the molecule is CCNS(=O)(=O)c1cc(-c2nn3c(CSC)nnc3c3ccccc23)ccc1C. The van der Waals surface area contributed by atoms with Crippen LogP contribution in [0.1, 0.15) is 18.3 Å². The van der Waals surface area contributed by atoms with Gasteiger partial charge in [0.05, 0.1) is 16.3 Å². The first kappa shape index (κ1) is 19.8. The molecule has 0 spiro atoms. The predicted octanol–water partition coefficient (Wildman–Crippen LogP) is 3.41. The van der Waals surface area contributed by atoms with Gasteiger partial charge in [0.15, 0.2) is 11.5 Å². The van der Waals surface area contributed by atoms with Crippen molar-refractivity contribution in [1.29, 1.82) is 0 Å². The highest BCUT2D eigenvalue weighted by Crippen LogP contribution is 2.31. The average molecular weight is 428 g/mol. The topological polar surface area (TPSA) is 89.2 Å². The molecule has 0 atom stereocenters. The first-order valence-electron chi connectivity index (χ1n) is 9.19. The van der Waals surface area contributed by atoms with Crippen molar-refractivity contribution in [3.8, 4) is 11.3 Å². The molecule has 2 heterocycles. The normalized spacial score (nSPS) is 12.1. The zero-order valence-corrected chi connectivity index (χ0v) is 18.0. The van der Waals surface area contributed by atoms with Gasteiger partial charge in [0, 0.05) is 22.9 Å². The van der Waals surface area contributed by atoms with Crippen molar-refractivity contribution in [2.24, 2.45) is 0 Å². The molecule has 29 heavy (non-hydrogen) atoms. The number of hydrogen-bond donors (Lipinski definition) is 1. The summed E-state index contributed by atoms with van der Waals surface area (Å²) in [5, 5.41) is 15.3. The fraction of sp³-hybridized carbons (Fsp3) is 0.250. The van der Waals surface area contributed by atoms with Crippen LogP contribution in [0.4, 0.5) is 0 Å². The van der Waals surface area contributed by atoms with E-state index in [4.69, 9.17) is 5.10 Å². The Labute approximate surface area is 173 Å². The summed E-state index contributed by atoms with van der Waals surface area (Å²) < 4.78 is 29.6. The predicted molar refractivity (Wildman–Crippen MR) is 117 cm³/mol. The monoisotopic (exact) mass is 427 g/mol. The quantitative estimate of drug-likeness (QED) is 0.507. The molecule has 1 N–H and O–H groups in total. The molecule has 2 aromatic heterocycles. The van der Waals surface area contributed by atoms with E-state index in [9.17, 15) is 8.42 Å². The second kappa shape index (κ2) is 7.74. The van der Waals surface area contributed by atoms with E-state index >= 15 is 0 Å². The van der Waals surface area contributed by atoms with Crippen LogP contribution in [0.5, 0.6) is 0 Å². The van der Waals surface area contributed by atoms with E-state index in [-0.39, 0.29) is 4.90 Å². The molecule has 150 valence electrons. The molecule has 4 aromatic rings. The number of benzene rings is 2. The van der Waals surface area contributed by atoms with Crippen LogP contribution in [-0.4, -0.2) is 41.0 Å². The standard InChI is InChI=1S/C20H21N5O2S2/c1-4-21-29(26,27)17-11-14(10-9-13(17)2)19-15-7-5-6-8-16(15)20-23-22-18(12-28-3)25(20)24-19/h5-11,21H,4,12H2,1-3H3. The van der Waals surface area contributed by atoms with Crippen molar-refractivity contribution >= 4 is 38.2 Å². The molecule has 0 aliphatic rings. The van der Waals surface area contributed by atoms with Gasteiger partial charge < -0.3 is 0 Å². The maximum absolute atomic E-state index is 12.7. The van der Waals surface area contributed by atoms with Crippen LogP contribution in [0.25, 0.3) is 27.7 Å². The van der Waals surface area contributed by atoms with Gasteiger partial charge in [-0.25, -0.2) is 13.1 Å². The molecule has 7 nitrogen and oxygen atoms in total. The molecule has 0 aliphatic carbocycles. The highest BCUT2D eigenvalue weighted by Gasteiger charge is 2.19. The van der Waals surface area contributed by atoms with Crippen LogP contribution < -0.4 is 4.72 Å². The third kappa shape index (κ3) is 3.50. The van der Waals surface area contributed by atoms with E-state index in [1.54, 1.807) is 36.2 Å². The van der Waals surface area contributed by atoms with Crippen molar-refractivity contribution < 1.29 is 8.42 Å². The smallest absolute Gasteiger partial charge is 0.211 e. The molecule has 9 heteroatoms. The Kier molecular flexibility index (Phi) is 5.28. The van der Waals surface area contributed by atoms with Gasteiger partial charge in [-0.1, -0.05) is 43.3 Å². The second-order valence-corrected chi connectivity index (χ2v) is 9.26. The van der Waals surface area contributed by atoms with Crippen LogP contribution in [-0.2, 0) is 15.8 Å². The van der Waals surface area contributed by atoms with Crippen molar-refractivity contribution in [3.05, 3.63) is 53.9 Å². The first-order chi connectivity index (χ1) is 14.0. The number of fused-ring (bicyclic) bond motifs is 3. The van der Waals surface area contributed by atoms with Crippen LogP contribution >= 0.6 is 11.8 Å². The average Bonchev–Trinajstić information content (AvgIpc) is 3.11. The van der Waals surface area contributed by atoms with Crippen molar-refractivity contribution in [3.63, 3.8) is 0 Å². The minimum absolute atomic E-state index is 0.260. The maximum Gasteiger partial charge on any atom is 0.240 e. The molecule has 0 amide bonds. The van der Waals surface area contributed by atoms with Crippen LogP contribution in [0, 0.1) is 6.92 Å². The second-order valence-electron chi connectivity index (χ2n) is 6.66. The van der Waals surface area contributed by atoms with Gasteiger partial charge in [-0.15, -0.1) is 10.2 Å². The zero-order valence-electron chi connectivity index (χ0n) is 16.4. The van der Waals surface area contributed by atoms with E-state index < -0.39 is 10.0 Å². The van der Waals surface area contributed by atoms with Gasteiger partial charge in [-0.05, 0) is 24.8 Å². The Morgan fingerprint density at radius 2 is 1.86 bits per heavy atom. The number of nitrogens with zero attached hydrogens (tertiary/aromatic N) is 4. The van der Waals surface area contributed by atoms with Gasteiger partial charge in [-0.2, -0.15) is 21.4 Å². The van der Waals surface area contributed by atoms with Crippen LogP contribution in [0.15, 0.2) is 47.4 Å². The summed E-state index contributed by atoms with van der Waals surface area (Å²) in [6.45, 7) is 3.88. The molecule has 0 unspecified atom stereocenters. The summed E-state index contributed by atoms with van der Waals surface area (Å²) in [6, 6.07) is 13.2. The lowest BCUT2D eigenvalue weighted by molar-refractivity contribution is 0.583. The summed E-state index contributed by atoms with van der Waals surface area (Å²) in [6.07, 6.45) is 2.00. The van der Waals surface area contributed by atoms with E-state index in [0.29, 0.717) is 29.2 Å². The van der Waals surface area contributed by atoms with E-state index in [2.05, 4.69) is 14.9 Å². The highest BCUT2D eigenvalue weighted by molar-refractivity contribution is 7.97. The van der Waals surface area contributed by atoms with Crippen LogP contribution in [0.2, 0.25) is 0 Å². The van der Waals surface area contributed by atoms with E-state index in [0.717, 1.165) is 22.2 Å². The largest absolute Gasteiger partial charge is 0.240 e. The van der Waals surface area contributed by atoms with Gasteiger partial charge in [0.1, 0.15) is 0 Å². The third-order valence-electron chi connectivity index (χ3n) is 4.69. The number of nitrogens with one attached hydrogen (secondary N) is 1. The number of hydrogen-bond acceptors (Lipinski definition) is 6. The lowest BCUT2D eigenvalue weighted by Gasteiger charge is -2.12. The fourth-order valence-corrected chi connectivity index (χ4v) is 5.11. The zero-order chi connectivity index (χ0) is 20.6. The molecular formula is C20H21N5O2S2. The molecule has 4 rings (SSSR count). The van der Waals surface area contributed by atoms with Crippen LogP contribution in [0.3, 0.4) is 0 Å². The molecule has 0 saturated heterocycles. The molecular weight excluding hydrogens is 406 g/mol. The molecule has 0 saturated carbocycles. The van der Waals surface area contributed by atoms with E-state index in [1.807, 2.05) is 42.7 Å². The molecule has 0 aliphatic heterocycles. The van der Waals surface area contributed by atoms with Gasteiger partial charge in [0.2, 0.25) is 10.0 Å². The molecule has 0 bridgehead atoms.